The fraction of sp³-hybridized carbons (Fsp3) is 0.133. The van der Waals surface area contributed by atoms with Gasteiger partial charge in [-0.3, -0.25) is 4.79 Å². The molecule has 98 valence electrons. The van der Waals surface area contributed by atoms with E-state index in [0.717, 1.165) is 17.1 Å². The second-order valence-corrected chi connectivity index (χ2v) is 4.23. The molecule has 0 saturated heterocycles. The van der Waals surface area contributed by atoms with Crippen LogP contribution in [0.3, 0.4) is 0 Å². The summed E-state index contributed by atoms with van der Waals surface area (Å²) in [7, 11) is 0. The largest absolute Gasteiger partial charge is 0.465 e. The van der Waals surface area contributed by atoms with E-state index in [1.807, 2.05) is 31.2 Å². The molecule has 0 aliphatic heterocycles. The van der Waals surface area contributed by atoms with Crippen LogP contribution < -0.4 is 11.1 Å². The third-order valence-corrected chi connectivity index (χ3v) is 2.60. The van der Waals surface area contributed by atoms with Crippen molar-refractivity contribution in [3.8, 4) is 0 Å². The molecule has 0 atom stereocenters. The SMILES string of the molecule is Cc1ccc(CNC(=O)/C=C/c2ccc(N)cc2)o1. The Kier molecular flexibility index (Phi) is 4.03. The van der Waals surface area contributed by atoms with Crippen molar-refractivity contribution >= 4 is 17.7 Å². The number of nitrogen functional groups attached to an aromatic ring is 1. The minimum atomic E-state index is -0.161. The molecule has 0 radical (unpaired) electrons. The first-order chi connectivity index (χ1) is 9.13. The lowest BCUT2D eigenvalue weighted by molar-refractivity contribution is -0.116. The van der Waals surface area contributed by atoms with Gasteiger partial charge in [0.15, 0.2) is 0 Å². The lowest BCUT2D eigenvalue weighted by Crippen LogP contribution is -2.19. The summed E-state index contributed by atoms with van der Waals surface area (Å²) in [5, 5.41) is 2.75. The summed E-state index contributed by atoms with van der Waals surface area (Å²) in [6, 6.07) is 11.0. The van der Waals surface area contributed by atoms with Crippen LogP contribution in [0.4, 0.5) is 5.69 Å². The molecule has 1 aromatic heterocycles. The number of hydrogen-bond donors (Lipinski definition) is 2. The zero-order valence-electron chi connectivity index (χ0n) is 10.7. The van der Waals surface area contributed by atoms with Crippen molar-refractivity contribution in [3.05, 3.63) is 59.6 Å². The predicted molar refractivity (Wildman–Crippen MR) is 75.2 cm³/mol. The molecule has 0 unspecified atom stereocenters. The Balaban J connectivity index is 1.85. The number of nitrogens with two attached hydrogens (primary N) is 1. The van der Waals surface area contributed by atoms with Crippen molar-refractivity contribution in [1.29, 1.82) is 0 Å². The number of carbonyl (C=O) groups excluding carboxylic acids is 1. The average molecular weight is 256 g/mol. The number of hydrogen-bond acceptors (Lipinski definition) is 3. The Morgan fingerprint density at radius 2 is 2.00 bits per heavy atom. The number of benzene rings is 1. The highest BCUT2D eigenvalue weighted by molar-refractivity contribution is 5.91. The molecule has 19 heavy (non-hydrogen) atoms. The number of aryl methyl sites for hydroxylation is 1. The van der Waals surface area contributed by atoms with Crippen LogP contribution in [0.5, 0.6) is 0 Å². The van der Waals surface area contributed by atoms with Crippen molar-refractivity contribution < 1.29 is 9.21 Å². The standard InChI is InChI=1S/C15H16N2O2/c1-11-2-8-14(19-11)10-17-15(18)9-5-12-3-6-13(16)7-4-12/h2-9H,10,16H2,1H3,(H,17,18)/b9-5+. The van der Waals surface area contributed by atoms with Crippen LogP contribution in [0.2, 0.25) is 0 Å². The minimum absolute atomic E-state index is 0.161. The van der Waals surface area contributed by atoms with E-state index >= 15 is 0 Å². The minimum Gasteiger partial charge on any atom is -0.465 e. The topological polar surface area (TPSA) is 68.3 Å². The third-order valence-electron chi connectivity index (χ3n) is 2.60. The van der Waals surface area contributed by atoms with E-state index < -0.39 is 0 Å². The van der Waals surface area contributed by atoms with E-state index in [0.29, 0.717) is 12.2 Å². The molecule has 0 aliphatic carbocycles. The van der Waals surface area contributed by atoms with E-state index in [4.69, 9.17) is 10.2 Å². The van der Waals surface area contributed by atoms with Gasteiger partial charge >= 0.3 is 0 Å². The zero-order valence-corrected chi connectivity index (χ0v) is 10.7. The summed E-state index contributed by atoms with van der Waals surface area (Å²) < 4.78 is 5.36. The highest BCUT2D eigenvalue weighted by atomic mass is 16.3. The van der Waals surface area contributed by atoms with E-state index in [1.165, 1.54) is 6.08 Å². The van der Waals surface area contributed by atoms with Crippen molar-refractivity contribution in [2.24, 2.45) is 0 Å². The summed E-state index contributed by atoms with van der Waals surface area (Å²) in [6.45, 7) is 2.26. The first-order valence-corrected chi connectivity index (χ1v) is 6.00. The van der Waals surface area contributed by atoms with Crippen molar-refractivity contribution in [2.75, 3.05) is 5.73 Å². The summed E-state index contributed by atoms with van der Waals surface area (Å²) in [5.74, 6) is 1.42. The lowest BCUT2D eigenvalue weighted by atomic mass is 10.2. The van der Waals surface area contributed by atoms with E-state index in [1.54, 1.807) is 18.2 Å². The number of anilines is 1. The molecule has 0 aliphatic rings. The molecule has 0 spiro atoms. The second kappa shape index (κ2) is 5.91. The number of carbonyl (C=O) groups is 1. The summed E-state index contributed by atoms with van der Waals surface area (Å²) in [4.78, 5) is 11.6. The van der Waals surface area contributed by atoms with Crippen LogP contribution in [0.1, 0.15) is 17.1 Å². The van der Waals surface area contributed by atoms with Crippen LogP contribution in [0.25, 0.3) is 6.08 Å². The molecule has 0 fully saturated rings. The Labute approximate surface area is 111 Å². The lowest BCUT2D eigenvalue weighted by Gasteiger charge is -1.99. The zero-order chi connectivity index (χ0) is 13.7. The maximum Gasteiger partial charge on any atom is 0.244 e. The van der Waals surface area contributed by atoms with Crippen LogP contribution in [-0.4, -0.2) is 5.91 Å². The molecule has 1 heterocycles. The maximum atomic E-state index is 11.6. The van der Waals surface area contributed by atoms with E-state index in [2.05, 4.69) is 5.32 Å². The fourth-order valence-electron chi connectivity index (χ4n) is 1.59. The van der Waals surface area contributed by atoms with Gasteiger partial charge in [0.05, 0.1) is 6.54 Å². The maximum absolute atomic E-state index is 11.6. The molecule has 0 bridgehead atoms. The molecule has 1 aromatic carbocycles. The molecule has 3 N–H and O–H groups in total. The molecule has 4 nitrogen and oxygen atoms in total. The van der Waals surface area contributed by atoms with Gasteiger partial charge in [-0.1, -0.05) is 12.1 Å². The highest BCUT2D eigenvalue weighted by Gasteiger charge is 2.00. The molecule has 2 rings (SSSR count). The second-order valence-electron chi connectivity index (χ2n) is 4.23. The number of nitrogens with one attached hydrogen (secondary N) is 1. The van der Waals surface area contributed by atoms with E-state index in [9.17, 15) is 4.79 Å². The van der Waals surface area contributed by atoms with Crippen LogP contribution in [-0.2, 0) is 11.3 Å². The van der Waals surface area contributed by atoms with Gasteiger partial charge in [-0.05, 0) is 42.8 Å². The van der Waals surface area contributed by atoms with E-state index in [-0.39, 0.29) is 5.91 Å². The number of furan rings is 1. The fourth-order valence-corrected chi connectivity index (χ4v) is 1.59. The van der Waals surface area contributed by atoms with Crippen LogP contribution in [0.15, 0.2) is 46.9 Å². The van der Waals surface area contributed by atoms with Crippen molar-refractivity contribution in [2.45, 2.75) is 13.5 Å². The van der Waals surface area contributed by atoms with Crippen molar-refractivity contribution in [1.82, 2.24) is 5.32 Å². The molecule has 2 aromatic rings. The van der Waals surface area contributed by atoms with Gasteiger partial charge in [-0.15, -0.1) is 0 Å². The number of amides is 1. The average Bonchev–Trinajstić information content (AvgIpc) is 2.81. The Bertz CT molecular complexity index is 582. The Morgan fingerprint density at radius 1 is 1.26 bits per heavy atom. The Morgan fingerprint density at radius 3 is 2.63 bits per heavy atom. The summed E-state index contributed by atoms with van der Waals surface area (Å²) >= 11 is 0. The smallest absolute Gasteiger partial charge is 0.244 e. The molecular formula is C15H16N2O2. The van der Waals surface area contributed by atoms with Gasteiger partial charge < -0.3 is 15.5 Å². The van der Waals surface area contributed by atoms with Crippen LogP contribution >= 0.6 is 0 Å². The quantitative estimate of drug-likeness (QED) is 0.652. The highest BCUT2D eigenvalue weighted by Crippen LogP contribution is 2.07. The van der Waals surface area contributed by atoms with Gasteiger partial charge in [-0.25, -0.2) is 0 Å². The summed E-state index contributed by atoms with van der Waals surface area (Å²) in [5.41, 5.74) is 7.22. The van der Waals surface area contributed by atoms with Gasteiger partial charge in [0.1, 0.15) is 11.5 Å². The Hall–Kier alpha value is -2.49. The van der Waals surface area contributed by atoms with Gasteiger partial charge in [0, 0.05) is 11.8 Å². The first kappa shape index (κ1) is 13.0. The van der Waals surface area contributed by atoms with Gasteiger partial charge in [-0.2, -0.15) is 0 Å². The van der Waals surface area contributed by atoms with Crippen molar-refractivity contribution in [3.63, 3.8) is 0 Å². The molecule has 1 amide bonds. The molecular weight excluding hydrogens is 240 g/mol. The monoisotopic (exact) mass is 256 g/mol. The van der Waals surface area contributed by atoms with Gasteiger partial charge in [0.2, 0.25) is 5.91 Å². The predicted octanol–water partition coefficient (Wildman–Crippen LogP) is 2.50. The molecule has 4 heteroatoms. The third kappa shape index (κ3) is 4.03. The number of rotatable bonds is 4. The normalized spacial score (nSPS) is 10.8. The van der Waals surface area contributed by atoms with Gasteiger partial charge in [0.25, 0.3) is 0 Å². The summed E-state index contributed by atoms with van der Waals surface area (Å²) in [6.07, 6.45) is 3.23. The molecule has 0 saturated carbocycles. The van der Waals surface area contributed by atoms with Crippen LogP contribution in [0, 0.1) is 6.92 Å². The first-order valence-electron chi connectivity index (χ1n) is 6.00.